The summed E-state index contributed by atoms with van der Waals surface area (Å²) in [5, 5.41) is 2.62. The van der Waals surface area contributed by atoms with Crippen LogP contribution in [0.2, 0.25) is 0 Å². The number of hydrogen-bond donors (Lipinski definition) is 0. The lowest BCUT2D eigenvalue weighted by Gasteiger charge is -2.20. The molecule has 3 aliphatic rings. The second-order valence-corrected chi connectivity index (χ2v) is 5.74. The number of ketones is 1. The van der Waals surface area contributed by atoms with Gasteiger partial charge in [0.2, 0.25) is 0 Å². The van der Waals surface area contributed by atoms with Gasteiger partial charge in [0, 0.05) is 16.7 Å². The molecule has 3 heteroatoms. The summed E-state index contributed by atoms with van der Waals surface area (Å²) in [6, 6.07) is 11.9. The highest BCUT2D eigenvalue weighted by atomic mass is 16.5. The van der Waals surface area contributed by atoms with Crippen molar-refractivity contribution in [2.24, 2.45) is 5.92 Å². The Hall–Kier alpha value is -2.29. The topological polar surface area (TPSA) is 35.5 Å². The second kappa shape index (κ2) is 5.84. The first-order valence-corrected chi connectivity index (χ1v) is 7.53. The van der Waals surface area contributed by atoms with Crippen molar-refractivity contribution < 1.29 is 14.3 Å². The zero-order valence-corrected chi connectivity index (χ0v) is 13.2. The van der Waals surface area contributed by atoms with Crippen molar-refractivity contribution in [2.45, 2.75) is 19.8 Å². The summed E-state index contributed by atoms with van der Waals surface area (Å²) in [5.41, 5.74) is 2.01. The SMILES string of the molecule is COc1cc2ccc1=2.COc1ccc2c(c1)CCC(C)C2=O. The van der Waals surface area contributed by atoms with E-state index in [9.17, 15) is 4.79 Å². The van der Waals surface area contributed by atoms with Gasteiger partial charge in [-0.3, -0.25) is 4.79 Å². The summed E-state index contributed by atoms with van der Waals surface area (Å²) in [5.74, 6) is 2.32. The van der Waals surface area contributed by atoms with E-state index in [1.54, 1.807) is 14.2 Å². The monoisotopic (exact) mass is 296 g/mol. The van der Waals surface area contributed by atoms with Crippen molar-refractivity contribution in [3.8, 4) is 11.5 Å². The molecule has 0 radical (unpaired) electrons. The van der Waals surface area contributed by atoms with E-state index in [0.29, 0.717) is 0 Å². The van der Waals surface area contributed by atoms with Gasteiger partial charge >= 0.3 is 0 Å². The van der Waals surface area contributed by atoms with Crippen LogP contribution in [-0.2, 0) is 6.42 Å². The minimum atomic E-state index is 0.177. The molecule has 0 saturated carbocycles. The van der Waals surface area contributed by atoms with E-state index in [1.807, 2.05) is 31.2 Å². The normalized spacial score (nSPS) is 17.0. The molecule has 0 bridgehead atoms. The number of carbonyl (C=O) groups is 1. The van der Waals surface area contributed by atoms with Crippen LogP contribution in [0.25, 0.3) is 0 Å². The lowest BCUT2D eigenvalue weighted by atomic mass is 9.84. The van der Waals surface area contributed by atoms with Crippen LogP contribution in [0.1, 0.15) is 29.3 Å². The van der Waals surface area contributed by atoms with Gasteiger partial charge in [-0.2, -0.15) is 0 Å². The zero-order valence-electron chi connectivity index (χ0n) is 13.2. The first-order valence-electron chi connectivity index (χ1n) is 7.53. The van der Waals surface area contributed by atoms with E-state index in [0.717, 1.165) is 35.5 Å². The van der Waals surface area contributed by atoms with Gasteiger partial charge in [0.25, 0.3) is 0 Å². The number of fused-ring (bicyclic) bond motifs is 1. The third-order valence-corrected chi connectivity index (χ3v) is 4.38. The molecule has 1 aromatic carbocycles. The number of methoxy groups -OCH3 is 2. The fourth-order valence-corrected chi connectivity index (χ4v) is 2.84. The second-order valence-electron chi connectivity index (χ2n) is 5.74. The van der Waals surface area contributed by atoms with Crippen molar-refractivity contribution in [2.75, 3.05) is 14.2 Å². The molecule has 3 aliphatic carbocycles. The summed E-state index contributed by atoms with van der Waals surface area (Å²) >= 11 is 0. The van der Waals surface area contributed by atoms with Crippen molar-refractivity contribution in [3.05, 3.63) is 58.0 Å². The maximum Gasteiger partial charge on any atom is 0.165 e. The van der Waals surface area contributed by atoms with Crippen LogP contribution >= 0.6 is 0 Å². The van der Waals surface area contributed by atoms with E-state index in [1.165, 1.54) is 10.4 Å². The molecule has 114 valence electrons. The Morgan fingerprint density at radius 1 is 1.05 bits per heavy atom. The fraction of sp³-hybridized carbons (Fsp3) is 0.316. The van der Waals surface area contributed by atoms with Gasteiger partial charge in [0.15, 0.2) is 5.78 Å². The van der Waals surface area contributed by atoms with Crippen LogP contribution in [0.3, 0.4) is 0 Å². The summed E-state index contributed by atoms with van der Waals surface area (Å²) in [6.45, 7) is 2.00. The standard InChI is InChI=1S/C12H14O2.C7H6O/c1-8-3-4-9-7-10(14-2)5-6-11(9)12(8)13;1-8-7-4-5-2-3-6(5)7/h5-8H,3-4H2,1-2H3;2-4H,1H3. The molecule has 3 nitrogen and oxygen atoms in total. The van der Waals surface area contributed by atoms with Gasteiger partial charge in [-0.15, -0.1) is 0 Å². The first-order chi connectivity index (χ1) is 10.6. The lowest BCUT2D eigenvalue weighted by Crippen LogP contribution is -2.19. The zero-order chi connectivity index (χ0) is 15.7. The largest absolute Gasteiger partial charge is 0.497 e. The summed E-state index contributed by atoms with van der Waals surface area (Å²) < 4.78 is 10.1. The van der Waals surface area contributed by atoms with E-state index in [-0.39, 0.29) is 11.7 Å². The van der Waals surface area contributed by atoms with Gasteiger partial charge in [-0.1, -0.05) is 19.1 Å². The molecule has 1 atom stereocenters. The van der Waals surface area contributed by atoms with Crippen molar-refractivity contribution in [3.63, 3.8) is 0 Å². The van der Waals surface area contributed by atoms with Crippen molar-refractivity contribution >= 4 is 5.78 Å². The van der Waals surface area contributed by atoms with Crippen LogP contribution < -0.4 is 9.47 Å². The Kier molecular flexibility index (Phi) is 3.88. The average molecular weight is 296 g/mol. The van der Waals surface area contributed by atoms with Crippen LogP contribution in [0.4, 0.5) is 0 Å². The summed E-state index contributed by atoms with van der Waals surface area (Å²) in [4.78, 5) is 11.8. The number of hydrogen-bond acceptors (Lipinski definition) is 3. The number of carbonyl (C=O) groups excluding carboxylic acids is 1. The molecule has 0 fully saturated rings. The molecule has 0 spiro atoms. The molecule has 0 aromatic heterocycles. The highest BCUT2D eigenvalue weighted by molar-refractivity contribution is 6.00. The maximum atomic E-state index is 11.8. The molecule has 0 aliphatic heterocycles. The predicted molar refractivity (Wildman–Crippen MR) is 85.5 cm³/mol. The van der Waals surface area contributed by atoms with Crippen LogP contribution in [0.5, 0.6) is 11.5 Å². The van der Waals surface area contributed by atoms with Gasteiger partial charge < -0.3 is 9.47 Å². The van der Waals surface area contributed by atoms with E-state index < -0.39 is 0 Å². The molecule has 0 heterocycles. The third kappa shape index (κ3) is 2.47. The van der Waals surface area contributed by atoms with E-state index in [4.69, 9.17) is 9.47 Å². The highest BCUT2D eigenvalue weighted by Crippen LogP contribution is 2.28. The minimum absolute atomic E-state index is 0.177. The van der Waals surface area contributed by atoms with Crippen molar-refractivity contribution in [1.29, 1.82) is 0 Å². The first kappa shape index (κ1) is 14.6. The Bertz CT molecular complexity index is 808. The molecule has 0 saturated heterocycles. The molecule has 4 rings (SSSR count). The number of ether oxygens (including phenoxy) is 2. The average Bonchev–Trinajstić information content (AvgIpc) is 2.53. The molecule has 1 unspecified atom stereocenters. The Morgan fingerprint density at radius 3 is 2.36 bits per heavy atom. The number of Topliss-reactive ketones (excluding diaryl/α,β-unsaturated/α-hetero) is 1. The molecular weight excluding hydrogens is 276 g/mol. The van der Waals surface area contributed by atoms with Gasteiger partial charge in [0.1, 0.15) is 11.5 Å². The van der Waals surface area contributed by atoms with Crippen LogP contribution in [-0.4, -0.2) is 20.0 Å². The third-order valence-electron chi connectivity index (χ3n) is 4.38. The highest BCUT2D eigenvalue weighted by Gasteiger charge is 2.23. The van der Waals surface area contributed by atoms with Gasteiger partial charge in [0.05, 0.1) is 14.2 Å². The molecule has 22 heavy (non-hydrogen) atoms. The summed E-state index contributed by atoms with van der Waals surface area (Å²) in [7, 11) is 3.34. The maximum absolute atomic E-state index is 11.8. The Balaban J connectivity index is 0.000000151. The predicted octanol–water partition coefficient (Wildman–Crippen LogP) is 3.76. The van der Waals surface area contributed by atoms with Crippen LogP contribution in [0, 0.1) is 16.4 Å². The number of rotatable bonds is 2. The number of aryl methyl sites for hydroxylation is 1. The van der Waals surface area contributed by atoms with E-state index >= 15 is 0 Å². The van der Waals surface area contributed by atoms with E-state index in [2.05, 4.69) is 12.1 Å². The summed E-state index contributed by atoms with van der Waals surface area (Å²) in [6.07, 6.45) is 1.94. The van der Waals surface area contributed by atoms with Crippen LogP contribution in [0.15, 0.2) is 36.4 Å². The molecule has 1 aromatic rings. The van der Waals surface area contributed by atoms with Gasteiger partial charge in [-0.05, 0) is 47.9 Å². The quantitative estimate of drug-likeness (QED) is 0.722. The Labute approximate surface area is 130 Å². The van der Waals surface area contributed by atoms with Gasteiger partial charge in [-0.25, -0.2) is 0 Å². The van der Waals surface area contributed by atoms with Crippen molar-refractivity contribution in [1.82, 2.24) is 0 Å². The molecular formula is C19H20O3. The smallest absolute Gasteiger partial charge is 0.165 e. The molecule has 0 amide bonds. The number of benzene rings is 2. The fourth-order valence-electron chi connectivity index (χ4n) is 2.84. The lowest BCUT2D eigenvalue weighted by molar-refractivity contribution is 0.0913. The molecule has 0 N–H and O–H groups in total. The minimum Gasteiger partial charge on any atom is -0.497 e. The Morgan fingerprint density at radius 2 is 1.86 bits per heavy atom.